The number of carbonyl (C=O) groups is 1. The van der Waals surface area contributed by atoms with Crippen LogP contribution in [0.2, 0.25) is 0 Å². The van der Waals surface area contributed by atoms with E-state index in [1.807, 2.05) is 13.1 Å². The Hall–Kier alpha value is -1.56. The first-order valence-electron chi connectivity index (χ1n) is 5.21. The third kappa shape index (κ3) is 4.31. The number of nitrogens with zero attached hydrogens (tertiary/aromatic N) is 2. The number of amides is 2. The summed E-state index contributed by atoms with van der Waals surface area (Å²) in [5, 5.41) is 9.50. The predicted molar refractivity (Wildman–Crippen MR) is 59.9 cm³/mol. The average molecular weight is 226 g/mol. The molecule has 1 aromatic rings. The molecule has 0 aliphatic heterocycles. The van der Waals surface area contributed by atoms with E-state index < -0.39 is 0 Å². The van der Waals surface area contributed by atoms with Gasteiger partial charge < -0.3 is 15.4 Å². The van der Waals surface area contributed by atoms with Crippen LogP contribution < -0.4 is 10.6 Å². The number of nitrogens with one attached hydrogen (secondary N) is 2. The molecule has 2 amide bonds. The summed E-state index contributed by atoms with van der Waals surface area (Å²) in [5.74, 6) is 0. The minimum atomic E-state index is -0.169. The molecule has 6 nitrogen and oxygen atoms in total. The highest BCUT2D eigenvalue weighted by Gasteiger charge is 2.01. The van der Waals surface area contributed by atoms with Gasteiger partial charge in [-0.15, -0.1) is 0 Å². The lowest BCUT2D eigenvalue weighted by Crippen LogP contribution is -2.36. The quantitative estimate of drug-likeness (QED) is 0.683. The van der Waals surface area contributed by atoms with Crippen molar-refractivity contribution in [3.8, 4) is 0 Å². The number of rotatable bonds is 6. The molecule has 1 heterocycles. The van der Waals surface area contributed by atoms with Gasteiger partial charge in [-0.25, -0.2) is 4.79 Å². The van der Waals surface area contributed by atoms with Crippen LogP contribution in [0.15, 0.2) is 12.3 Å². The van der Waals surface area contributed by atoms with Crippen LogP contribution in [-0.4, -0.2) is 36.1 Å². The Morgan fingerprint density at radius 2 is 2.38 bits per heavy atom. The van der Waals surface area contributed by atoms with Crippen molar-refractivity contribution in [3.05, 3.63) is 18.0 Å². The zero-order valence-electron chi connectivity index (χ0n) is 9.69. The van der Waals surface area contributed by atoms with E-state index in [4.69, 9.17) is 4.74 Å². The van der Waals surface area contributed by atoms with Gasteiger partial charge in [0.15, 0.2) is 0 Å². The molecule has 2 N–H and O–H groups in total. The predicted octanol–water partition coefficient (Wildman–Crippen LogP) is 0.256. The normalized spacial score (nSPS) is 10.1. The van der Waals surface area contributed by atoms with Crippen LogP contribution in [0, 0.1) is 0 Å². The fraction of sp³-hybridized carbons (Fsp3) is 0.600. The van der Waals surface area contributed by atoms with E-state index in [1.54, 1.807) is 18.0 Å². The van der Waals surface area contributed by atoms with Gasteiger partial charge in [0.1, 0.15) is 0 Å². The van der Waals surface area contributed by atoms with Gasteiger partial charge in [0.25, 0.3) is 0 Å². The molecule has 1 rings (SSSR count). The van der Waals surface area contributed by atoms with Crippen LogP contribution in [0.5, 0.6) is 0 Å². The second kappa shape index (κ2) is 6.84. The van der Waals surface area contributed by atoms with Gasteiger partial charge in [-0.1, -0.05) is 0 Å². The second-order valence-electron chi connectivity index (χ2n) is 3.40. The molecule has 0 unspecified atom stereocenters. The van der Waals surface area contributed by atoms with Crippen LogP contribution in [0.1, 0.15) is 12.1 Å². The zero-order chi connectivity index (χ0) is 11.8. The zero-order valence-corrected chi connectivity index (χ0v) is 9.69. The summed E-state index contributed by atoms with van der Waals surface area (Å²) in [4.78, 5) is 11.3. The molecule has 0 aromatic carbocycles. The first-order chi connectivity index (χ1) is 7.74. The van der Waals surface area contributed by atoms with Crippen molar-refractivity contribution < 1.29 is 9.53 Å². The summed E-state index contributed by atoms with van der Waals surface area (Å²) < 4.78 is 6.60. The highest BCUT2D eigenvalue weighted by atomic mass is 16.5. The molecule has 1 aromatic heterocycles. The molecule has 16 heavy (non-hydrogen) atoms. The van der Waals surface area contributed by atoms with E-state index in [2.05, 4.69) is 15.7 Å². The van der Waals surface area contributed by atoms with E-state index in [9.17, 15) is 4.79 Å². The molecule has 0 fully saturated rings. The highest BCUT2D eigenvalue weighted by molar-refractivity contribution is 5.73. The van der Waals surface area contributed by atoms with Crippen molar-refractivity contribution in [2.24, 2.45) is 7.05 Å². The number of methoxy groups -OCH3 is 1. The van der Waals surface area contributed by atoms with E-state index in [1.165, 1.54) is 0 Å². The van der Waals surface area contributed by atoms with Gasteiger partial charge >= 0.3 is 6.03 Å². The van der Waals surface area contributed by atoms with Gasteiger partial charge in [0.2, 0.25) is 0 Å². The topological polar surface area (TPSA) is 68.2 Å². The molecule has 0 aliphatic carbocycles. The Labute approximate surface area is 95.0 Å². The molecule has 0 saturated carbocycles. The Balaban J connectivity index is 2.13. The van der Waals surface area contributed by atoms with Gasteiger partial charge in [-0.3, -0.25) is 4.68 Å². The Morgan fingerprint density at radius 3 is 3.00 bits per heavy atom. The van der Waals surface area contributed by atoms with Crippen LogP contribution in [0.3, 0.4) is 0 Å². The number of ether oxygens (including phenoxy) is 1. The second-order valence-corrected chi connectivity index (χ2v) is 3.40. The molecule has 0 saturated heterocycles. The molecule has 0 radical (unpaired) electrons. The largest absolute Gasteiger partial charge is 0.385 e. The van der Waals surface area contributed by atoms with E-state index >= 15 is 0 Å². The number of hydrogen-bond donors (Lipinski definition) is 2. The molecule has 90 valence electrons. The maximum absolute atomic E-state index is 11.3. The van der Waals surface area contributed by atoms with Gasteiger partial charge in [-0.05, 0) is 12.5 Å². The van der Waals surface area contributed by atoms with Crippen molar-refractivity contribution in [2.45, 2.75) is 13.0 Å². The monoisotopic (exact) mass is 226 g/mol. The number of hydrogen-bond acceptors (Lipinski definition) is 3. The first-order valence-corrected chi connectivity index (χ1v) is 5.21. The summed E-state index contributed by atoms with van der Waals surface area (Å²) in [6.45, 7) is 1.75. The Morgan fingerprint density at radius 1 is 1.56 bits per heavy atom. The van der Waals surface area contributed by atoms with Crippen molar-refractivity contribution in [1.29, 1.82) is 0 Å². The van der Waals surface area contributed by atoms with E-state index in [-0.39, 0.29) is 6.03 Å². The van der Waals surface area contributed by atoms with Gasteiger partial charge in [-0.2, -0.15) is 5.10 Å². The fourth-order valence-corrected chi connectivity index (χ4v) is 1.23. The maximum Gasteiger partial charge on any atom is 0.315 e. The summed E-state index contributed by atoms with van der Waals surface area (Å²) in [6, 6.07) is 1.70. The molecule has 0 bridgehead atoms. The SMILES string of the molecule is COCCCNC(=O)NCc1ccnn1C. The summed E-state index contributed by atoms with van der Waals surface area (Å²) in [7, 11) is 3.48. The van der Waals surface area contributed by atoms with Crippen LogP contribution >= 0.6 is 0 Å². The Bertz CT molecular complexity index is 324. The van der Waals surface area contributed by atoms with E-state index in [0.29, 0.717) is 19.7 Å². The molecular formula is C10H18N4O2. The molecular weight excluding hydrogens is 208 g/mol. The highest BCUT2D eigenvalue weighted by Crippen LogP contribution is 1.94. The van der Waals surface area contributed by atoms with Crippen molar-refractivity contribution >= 4 is 6.03 Å². The molecule has 0 atom stereocenters. The minimum Gasteiger partial charge on any atom is -0.385 e. The Kier molecular flexibility index (Phi) is 5.35. The van der Waals surface area contributed by atoms with Gasteiger partial charge in [0, 0.05) is 33.5 Å². The van der Waals surface area contributed by atoms with Crippen LogP contribution in [0.25, 0.3) is 0 Å². The smallest absolute Gasteiger partial charge is 0.315 e. The van der Waals surface area contributed by atoms with Crippen LogP contribution in [0.4, 0.5) is 4.79 Å². The summed E-state index contributed by atoms with van der Waals surface area (Å²) >= 11 is 0. The molecule has 0 spiro atoms. The number of aromatic nitrogens is 2. The maximum atomic E-state index is 11.3. The lowest BCUT2D eigenvalue weighted by Gasteiger charge is -2.07. The van der Waals surface area contributed by atoms with Gasteiger partial charge in [0.05, 0.1) is 12.2 Å². The average Bonchev–Trinajstić information content (AvgIpc) is 2.67. The third-order valence-corrected chi connectivity index (χ3v) is 2.16. The van der Waals surface area contributed by atoms with E-state index in [0.717, 1.165) is 12.1 Å². The first kappa shape index (κ1) is 12.5. The number of carbonyl (C=O) groups excluding carboxylic acids is 1. The third-order valence-electron chi connectivity index (χ3n) is 2.16. The molecule has 6 heteroatoms. The van der Waals surface area contributed by atoms with Crippen molar-refractivity contribution in [1.82, 2.24) is 20.4 Å². The summed E-state index contributed by atoms with van der Waals surface area (Å²) in [5.41, 5.74) is 0.965. The number of urea groups is 1. The van der Waals surface area contributed by atoms with Crippen molar-refractivity contribution in [3.63, 3.8) is 0 Å². The standard InChI is InChI=1S/C10H18N4O2/c1-14-9(4-6-13-14)8-12-10(15)11-5-3-7-16-2/h4,6H,3,5,7-8H2,1-2H3,(H2,11,12,15). The lowest BCUT2D eigenvalue weighted by molar-refractivity contribution is 0.193. The van der Waals surface area contributed by atoms with Crippen molar-refractivity contribution in [2.75, 3.05) is 20.3 Å². The minimum absolute atomic E-state index is 0.169. The lowest BCUT2D eigenvalue weighted by atomic mass is 10.4. The molecule has 0 aliphatic rings. The summed E-state index contributed by atoms with van der Waals surface area (Å²) in [6.07, 6.45) is 2.52. The fourth-order valence-electron chi connectivity index (χ4n) is 1.23. The number of aryl methyl sites for hydroxylation is 1. The van der Waals surface area contributed by atoms with Crippen LogP contribution in [-0.2, 0) is 18.3 Å².